The average Bonchev–Trinajstić information content (AvgIpc) is 3.05. The summed E-state index contributed by atoms with van der Waals surface area (Å²) in [5.41, 5.74) is 2.64. The Balaban J connectivity index is 1.57. The molecule has 0 aliphatic carbocycles. The first-order chi connectivity index (χ1) is 13.5. The van der Waals surface area contributed by atoms with Gasteiger partial charge in [-0.1, -0.05) is 53.4 Å². The number of morpholine rings is 1. The molecule has 1 aliphatic heterocycles. The molecule has 2 atom stereocenters. The standard InChI is InChI=1S/C20H22N4O2S2/c1-12-9-24(10-13(2)26-12)16(25)11-27-20-22-17(15-7-5-4-6-8-15)18-19(23-20)28-14(3)21-18/h4-8,12-13H,9-11H2,1-3H3. The van der Waals surface area contributed by atoms with Gasteiger partial charge in [0, 0.05) is 18.7 Å². The van der Waals surface area contributed by atoms with Gasteiger partial charge in [0.05, 0.1) is 23.0 Å². The maximum absolute atomic E-state index is 12.7. The van der Waals surface area contributed by atoms with Gasteiger partial charge in [0.15, 0.2) is 5.16 Å². The van der Waals surface area contributed by atoms with E-state index in [1.165, 1.54) is 11.8 Å². The van der Waals surface area contributed by atoms with Crippen LogP contribution in [0.2, 0.25) is 0 Å². The highest BCUT2D eigenvalue weighted by atomic mass is 32.2. The number of hydrogen-bond acceptors (Lipinski definition) is 7. The number of thioether (sulfide) groups is 1. The number of benzene rings is 1. The molecule has 2 aromatic heterocycles. The third-order valence-corrected chi connectivity index (χ3v) is 6.19. The number of amides is 1. The predicted molar refractivity (Wildman–Crippen MR) is 113 cm³/mol. The largest absolute Gasteiger partial charge is 0.372 e. The Morgan fingerprint density at radius 3 is 2.61 bits per heavy atom. The molecular formula is C20H22N4O2S2. The van der Waals surface area contributed by atoms with Crippen molar-refractivity contribution in [1.82, 2.24) is 19.9 Å². The van der Waals surface area contributed by atoms with E-state index >= 15 is 0 Å². The molecule has 1 aromatic carbocycles. The van der Waals surface area contributed by atoms with Crippen molar-refractivity contribution in [3.8, 4) is 11.3 Å². The number of aromatic nitrogens is 3. The number of carbonyl (C=O) groups excluding carboxylic acids is 1. The number of aryl methyl sites for hydroxylation is 1. The first kappa shape index (κ1) is 19.3. The predicted octanol–water partition coefficient (Wildman–Crippen LogP) is 3.79. The van der Waals surface area contributed by atoms with E-state index in [4.69, 9.17) is 9.72 Å². The van der Waals surface area contributed by atoms with Crippen molar-refractivity contribution in [1.29, 1.82) is 0 Å². The number of carbonyl (C=O) groups is 1. The highest BCUT2D eigenvalue weighted by molar-refractivity contribution is 7.99. The molecule has 0 N–H and O–H groups in total. The molecule has 0 saturated carbocycles. The molecule has 0 radical (unpaired) electrons. The molecule has 3 aromatic rings. The van der Waals surface area contributed by atoms with Crippen LogP contribution in [0.5, 0.6) is 0 Å². The lowest BCUT2D eigenvalue weighted by Crippen LogP contribution is -2.48. The summed E-state index contributed by atoms with van der Waals surface area (Å²) in [6.07, 6.45) is 0.130. The molecule has 4 rings (SSSR count). The third kappa shape index (κ3) is 4.19. The fourth-order valence-electron chi connectivity index (χ4n) is 3.37. The van der Waals surface area contributed by atoms with Crippen molar-refractivity contribution in [3.05, 3.63) is 35.3 Å². The Kier molecular flexibility index (Phi) is 5.61. The van der Waals surface area contributed by atoms with Crippen molar-refractivity contribution in [2.45, 2.75) is 38.1 Å². The quantitative estimate of drug-likeness (QED) is 0.478. The minimum atomic E-state index is 0.0650. The van der Waals surface area contributed by atoms with Gasteiger partial charge in [-0.05, 0) is 20.8 Å². The van der Waals surface area contributed by atoms with Gasteiger partial charge in [-0.3, -0.25) is 4.79 Å². The van der Waals surface area contributed by atoms with Gasteiger partial charge in [-0.2, -0.15) is 0 Å². The molecule has 8 heteroatoms. The van der Waals surface area contributed by atoms with E-state index in [0.717, 1.165) is 26.6 Å². The number of rotatable bonds is 4. The number of nitrogens with zero attached hydrogens (tertiary/aromatic N) is 4. The Morgan fingerprint density at radius 1 is 1.18 bits per heavy atom. The van der Waals surface area contributed by atoms with Crippen LogP contribution < -0.4 is 0 Å². The van der Waals surface area contributed by atoms with Crippen LogP contribution in [-0.2, 0) is 9.53 Å². The molecule has 1 saturated heterocycles. The van der Waals surface area contributed by atoms with Crippen LogP contribution in [-0.4, -0.2) is 56.8 Å². The summed E-state index contributed by atoms with van der Waals surface area (Å²) in [4.78, 5) is 29.4. The fourth-order valence-corrected chi connectivity index (χ4v) is 4.96. The molecule has 28 heavy (non-hydrogen) atoms. The monoisotopic (exact) mass is 414 g/mol. The zero-order valence-electron chi connectivity index (χ0n) is 16.1. The smallest absolute Gasteiger partial charge is 0.233 e. The van der Waals surface area contributed by atoms with E-state index in [9.17, 15) is 4.79 Å². The van der Waals surface area contributed by atoms with Crippen LogP contribution in [0.4, 0.5) is 0 Å². The molecule has 6 nitrogen and oxygen atoms in total. The van der Waals surface area contributed by atoms with Gasteiger partial charge in [0.25, 0.3) is 0 Å². The minimum Gasteiger partial charge on any atom is -0.372 e. The van der Waals surface area contributed by atoms with E-state index in [-0.39, 0.29) is 18.1 Å². The van der Waals surface area contributed by atoms with Crippen molar-refractivity contribution >= 4 is 39.4 Å². The van der Waals surface area contributed by atoms with E-state index in [0.29, 0.717) is 24.0 Å². The molecule has 2 unspecified atom stereocenters. The third-order valence-electron chi connectivity index (χ3n) is 4.49. The van der Waals surface area contributed by atoms with Gasteiger partial charge < -0.3 is 9.64 Å². The van der Waals surface area contributed by atoms with Crippen molar-refractivity contribution in [2.24, 2.45) is 0 Å². The minimum absolute atomic E-state index is 0.0650. The number of fused-ring (bicyclic) bond motifs is 1. The molecule has 1 aliphatic rings. The molecule has 0 bridgehead atoms. The molecule has 3 heterocycles. The van der Waals surface area contributed by atoms with Crippen molar-refractivity contribution in [3.63, 3.8) is 0 Å². The molecule has 0 spiro atoms. The van der Waals surface area contributed by atoms with Gasteiger partial charge in [-0.25, -0.2) is 15.0 Å². The topological polar surface area (TPSA) is 68.2 Å². The Morgan fingerprint density at radius 2 is 1.89 bits per heavy atom. The van der Waals surface area contributed by atoms with Crippen LogP contribution in [0.15, 0.2) is 35.5 Å². The Hall–Kier alpha value is -2.03. The second-order valence-corrected chi connectivity index (χ2v) is 9.08. The van der Waals surface area contributed by atoms with Crippen LogP contribution >= 0.6 is 23.1 Å². The zero-order chi connectivity index (χ0) is 19.7. The van der Waals surface area contributed by atoms with E-state index in [1.807, 2.05) is 56.0 Å². The lowest BCUT2D eigenvalue weighted by Gasteiger charge is -2.35. The Labute approximate surface area is 172 Å². The number of thiazole rings is 1. The number of hydrogen-bond donors (Lipinski definition) is 0. The highest BCUT2D eigenvalue weighted by Crippen LogP contribution is 2.31. The van der Waals surface area contributed by atoms with Crippen LogP contribution in [0.1, 0.15) is 18.9 Å². The second kappa shape index (κ2) is 8.14. The summed E-state index contributed by atoms with van der Waals surface area (Å²) in [5, 5.41) is 1.56. The zero-order valence-corrected chi connectivity index (χ0v) is 17.7. The molecule has 1 fully saturated rings. The van der Waals surface area contributed by atoms with E-state index < -0.39 is 0 Å². The first-order valence-electron chi connectivity index (χ1n) is 9.26. The lowest BCUT2D eigenvalue weighted by atomic mass is 10.1. The maximum atomic E-state index is 12.7. The van der Waals surface area contributed by atoms with Gasteiger partial charge in [0.1, 0.15) is 16.0 Å². The van der Waals surface area contributed by atoms with E-state index in [2.05, 4.69) is 9.97 Å². The van der Waals surface area contributed by atoms with E-state index in [1.54, 1.807) is 11.3 Å². The van der Waals surface area contributed by atoms with Crippen LogP contribution in [0.25, 0.3) is 21.6 Å². The van der Waals surface area contributed by atoms with Crippen LogP contribution in [0, 0.1) is 6.92 Å². The molecule has 1 amide bonds. The summed E-state index contributed by atoms with van der Waals surface area (Å²) in [5.74, 6) is 0.411. The maximum Gasteiger partial charge on any atom is 0.233 e. The second-order valence-electron chi connectivity index (χ2n) is 6.95. The average molecular weight is 415 g/mol. The number of ether oxygens (including phenoxy) is 1. The Bertz CT molecular complexity index is 983. The van der Waals surface area contributed by atoms with Gasteiger partial charge >= 0.3 is 0 Å². The summed E-state index contributed by atoms with van der Waals surface area (Å²) in [6, 6.07) is 9.99. The normalized spacial score (nSPS) is 19.9. The van der Waals surface area contributed by atoms with Gasteiger partial charge in [0.2, 0.25) is 5.91 Å². The summed E-state index contributed by atoms with van der Waals surface area (Å²) < 4.78 is 5.71. The SMILES string of the molecule is Cc1nc2c(-c3ccccc3)nc(SCC(=O)N3CC(C)OC(C)C3)nc2s1. The summed E-state index contributed by atoms with van der Waals surface area (Å²) in [6.45, 7) is 7.23. The lowest BCUT2D eigenvalue weighted by molar-refractivity contribution is -0.140. The first-order valence-corrected chi connectivity index (χ1v) is 11.1. The molecule has 146 valence electrons. The summed E-state index contributed by atoms with van der Waals surface area (Å²) >= 11 is 2.93. The highest BCUT2D eigenvalue weighted by Gasteiger charge is 2.26. The fraction of sp³-hybridized carbons (Fsp3) is 0.400. The van der Waals surface area contributed by atoms with Crippen molar-refractivity contribution < 1.29 is 9.53 Å². The van der Waals surface area contributed by atoms with Gasteiger partial charge in [-0.15, -0.1) is 0 Å². The van der Waals surface area contributed by atoms with Crippen molar-refractivity contribution in [2.75, 3.05) is 18.8 Å². The summed E-state index contributed by atoms with van der Waals surface area (Å²) in [7, 11) is 0. The van der Waals surface area contributed by atoms with Crippen LogP contribution in [0.3, 0.4) is 0 Å². The molecular weight excluding hydrogens is 392 g/mol.